The molecular formula is C17H19N3S. The van der Waals surface area contributed by atoms with Gasteiger partial charge in [0, 0.05) is 22.7 Å². The molecule has 0 aliphatic heterocycles. The average Bonchev–Trinajstić information content (AvgIpc) is 3.11. The molecule has 0 fully saturated rings. The van der Waals surface area contributed by atoms with Gasteiger partial charge in [0.2, 0.25) is 0 Å². The van der Waals surface area contributed by atoms with E-state index in [9.17, 15) is 0 Å². The van der Waals surface area contributed by atoms with Crippen molar-refractivity contribution in [2.45, 2.75) is 25.9 Å². The van der Waals surface area contributed by atoms with Crippen LogP contribution in [0.1, 0.15) is 23.4 Å². The van der Waals surface area contributed by atoms with Gasteiger partial charge >= 0.3 is 0 Å². The third-order valence-corrected chi connectivity index (χ3v) is 4.75. The van der Waals surface area contributed by atoms with E-state index in [2.05, 4.69) is 41.8 Å². The third-order valence-electron chi connectivity index (χ3n) is 3.66. The lowest BCUT2D eigenvalue weighted by atomic mass is 10.1. The summed E-state index contributed by atoms with van der Waals surface area (Å²) < 4.78 is 1.99. The standard InChI is InChI=1S/C17H19N3S/c1-12-8-9-21-17(12)16(13(2)18)20-11-15(10-19-20)14-6-4-3-5-7-14/h3-11,13,16H,18H2,1-2H3. The molecule has 0 aliphatic carbocycles. The normalized spacial score (nSPS) is 14.0. The van der Waals surface area contributed by atoms with Crippen LogP contribution in [0, 0.1) is 6.92 Å². The summed E-state index contributed by atoms with van der Waals surface area (Å²) >= 11 is 1.75. The Morgan fingerprint density at radius 2 is 1.90 bits per heavy atom. The largest absolute Gasteiger partial charge is 0.326 e. The first-order valence-electron chi connectivity index (χ1n) is 7.06. The zero-order chi connectivity index (χ0) is 14.8. The zero-order valence-corrected chi connectivity index (χ0v) is 13.0. The van der Waals surface area contributed by atoms with Crippen LogP contribution in [0.5, 0.6) is 0 Å². The highest BCUT2D eigenvalue weighted by molar-refractivity contribution is 7.10. The van der Waals surface area contributed by atoms with E-state index >= 15 is 0 Å². The molecule has 2 heterocycles. The molecule has 0 aliphatic rings. The van der Waals surface area contributed by atoms with E-state index in [-0.39, 0.29) is 12.1 Å². The second kappa shape index (κ2) is 5.84. The Labute approximate surface area is 129 Å². The SMILES string of the molecule is Cc1ccsc1C(C(C)N)n1cc(-c2ccccc2)cn1. The molecule has 3 nitrogen and oxygen atoms in total. The molecule has 2 atom stereocenters. The highest BCUT2D eigenvalue weighted by Crippen LogP contribution is 2.30. The molecule has 0 saturated heterocycles. The lowest BCUT2D eigenvalue weighted by molar-refractivity contribution is 0.459. The fourth-order valence-corrected chi connectivity index (χ4v) is 3.69. The van der Waals surface area contributed by atoms with Gasteiger partial charge in [-0.15, -0.1) is 11.3 Å². The first-order valence-corrected chi connectivity index (χ1v) is 7.94. The van der Waals surface area contributed by atoms with E-state index < -0.39 is 0 Å². The van der Waals surface area contributed by atoms with Gasteiger partial charge in [-0.1, -0.05) is 30.3 Å². The minimum absolute atomic E-state index is 0.00544. The van der Waals surface area contributed by atoms with Crippen LogP contribution in [0.2, 0.25) is 0 Å². The van der Waals surface area contributed by atoms with Crippen molar-refractivity contribution in [3.63, 3.8) is 0 Å². The maximum Gasteiger partial charge on any atom is 0.101 e. The smallest absolute Gasteiger partial charge is 0.101 e. The molecule has 108 valence electrons. The van der Waals surface area contributed by atoms with Gasteiger partial charge in [0.15, 0.2) is 0 Å². The van der Waals surface area contributed by atoms with Crippen molar-refractivity contribution in [2.75, 3.05) is 0 Å². The fourth-order valence-electron chi connectivity index (χ4n) is 2.56. The van der Waals surface area contributed by atoms with E-state index in [0.717, 1.165) is 5.56 Å². The number of hydrogen-bond acceptors (Lipinski definition) is 3. The molecule has 1 aromatic carbocycles. The number of rotatable bonds is 4. The zero-order valence-electron chi connectivity index (χ0n) is 12.2. The molecule has 0 saturated carbocycles. The number of thiophene rings is 1. The van der Waals surface area contributed by atoms with Crippen molar-refractivity contribution in [3.05, 3.63) is 64.6 Å². The average molecular weight is 297 g/mol. The predicted octanol–water partition coefficient (Wildman–Crippen LogP) is 3.86. The Balaban J connectivity index is 1.99. The van der Waals surface area contributed by atoms with Crippen molar-refractivity contribution < 1.29 is 0 Å². The van der Waals surface area contributed by atoms with Crippen LogP contribution < -0.4 is 5.73 Å². The topological polar surface area (TPSA) is 43.8 Å². The van der Waals surface area contributed by atoms with Gasteiger partial charge < -0.3 is 5.73 Å². The van der Waals surface area contributed by atoms with Crippen LogP contribution in [0.3, 0.4) is 0 Å². The molecule has 0 radical (unpaired) electrons. The van der Waals surface area contributed by atoms with E-state index in [1.807, 2.05) is 36.0 Å². The first kappa shape index (κ1) is 14.0. The van der Waals surface area contributed by atoms with Crippen LogP contribution >= 0.6 is 11.3 Å². The molecule has 2 aromatic heterocycles. The third kappa shape index (κ3) is 2.77. The molecule has 3 aromatic rings. The Hall–Kier alpha value is -1.91. The lowest BCUT2D eigenvalue weighted by Crippen LogP contribution is -2.30. The van der Waals surface area contributed by atoms with Crippen LogP contribution in [0.4, 0.5) is 0 Å². The van der Waals surface area contributed by atoms with Gasteiger partial charge in [-0.2, -0.15) is 5.10 Å². The minimum atomic E-state index is 0.00544. The molecule has 2 unspecified atom stereocenters. The lowest BCUT2D eigenvalue weighted by Gasteiger charge is -2.21. The van der Waals surface area contributed by atoms with E-state index in [4.69, 9.17) is 5.73 Å². The summed E-state index contributed by atoms with van der Waals surface area (Å²) in [4.78, 5) is 1.28. The molecule has 3 rings (SSSR count). The van der Waals surface area contributed by atoms with E-state index in [0.29, 0.717) is 0 Å². The Bertz CT molecular complexity index is 712. The second-order valence-electron chi connectivity index (χ2n) is 5.35. The van der Waals surface area contributed by atoms with Gasteiger partial charge in [0.25, 0.3) is 0 Å². The quantitative estimate of drug-likeness (QED) is 0.794. The van der Waals surface area contributed by atoms with Crippen LogP contribution in [0.25, 0.3) is 11.1 Å². The maximum atomic E-state index is 6.22. The highest BCUT2D eigenvalue weighted by atomic mass is 32.1. The Morgan fingerprint density at radius 3 is 2.52 bits per heavy atom. The molecule has 4 heteroatoms. The highest BCUT2D eigenvalue weighted by Gasteiger charge is 2.22. The first-order chi connectivity index (χ1) is 10.2. The van der Waals surface area contributed by atoms with Crippen LogP contribution in [-0.2, 0) is 0 Å². The fraction of sp³-hybridized carbons (Fsp3) is 0.235. The second-order valence-corrected chi connectivity index (χ2v) is 6.29. The summed E-state index contributed by atoms with van der Waals surface area (Å²) in [5.41, 5.74) is 9.80. The summed E-state index contributed by atoms with van der Waals surface area (Å²) in [7, 11) is 0. The number of benzene rings is 1. The van der Waals surface area contributed by atoms with Crippen LogP contribution in [-0.4, -0.2) is 15.8 Å². The van der Waals surface area contributed by atoms with E-state index in [1.54, 1.807) is 11.3 Å². The van der Waals surface area contributed by atoms with Gasteiger partial charge in [0.1, 0.15) is 6.04 Å². The molecule has 2 N–H and O–H groups in total. The predicted molar refractivity (Wildman–Crippen MR) is 88.5 cm³/mol. The van der Waals surface area contributed by atoms with Gasteiger partial charge in [-0.05, 0) is 36.4 Å². The Kier molecular flexibility index (Phi) is 3.90. The van der Waals surface area contributed by atoms with Crippen molar-refractivity contribution in [1.29, 1.82) is 0 Å². The number of hydrogen-bond donors (Lipinski definition) is 1. The molecule has 0 bridgehead atoms. The molecule has 21 heavy (non-hydrogen) atoms. The van der Waals surface area contributed by atoms with Gasteiger partial charge in [0.05, 0.1) is 6.20 Å². The van der Waals surface area contributed by atoms with Crippen molar-refractivity contribution in [1.82, 2.24) is 9.78 Å². The number of nitrogens with two attached hydrogens (primary N) is 1. The number of nitrogens with zero attached hydrogens (tertiary/aromatic N) is 2. The summed E-state index contributed by atoms with van der Waals surface area (Å²) in [6.45, 7) is 4.16. The molecule has 0 spiro atoms. The monoisotopic (exact) mass is 297 g/mol. The van der Waals surface area contributed by atoms with E-state index in [1.165, 1.54) is 16.0 Å². The number of aromatic nitrogens is 2. The van der Waals surface area contributed by atoms with Gasteiger partial charge in [-0.25, -0.2) is 0 Å². The molecular weight excluding hydrogens is 278 g/mol. The maximum absolute atomic E-state index is 6.22. The molecule has 0 amide bonds. The van der Waals surface area contributed by atoms with Crippen LogP contribution in [0.15, 0.2) is 54.2 Å². The van der Waals surface area contributed by atoms with Crippen molar-refractivity contribution in [3.8, 4) is 11.1 Å². The summed E-state index contributed by atoms with van der Waals surface area (Å²) in [5.74, 6) is 0. The number of aryl methyl sites for hydroxylation is 1. The summed E-state index contributed by atoms with van der Waals surface area (Å²) in [6.07, 6.45) is 4.00. The van der Waals surface area contributed by atoms with Crippen molar-refractivity contribution >= 4 is 11.3 Å². The minimum Gasteiger partial charge on any atom is -0.326 e. The van der Waals surface area contributed by atoms with Crippen molar-refractivity contribution in [2.24, 2.45) is 5.73 Å². The summed E-state index contributed by atoms with van der Waals surface area (Å²) in [5, 5.41) is 6.67. The Morgan fingerprint density at radius 1 is 1.14 bits per heavy atom. The summed E-state index contributed by atoms with van der Waals surface area (Å²) in [6, 6.07) is 12.5. The van der Waals surface area contributed by atoms with Gasteiger partial charge in [-0.3, -0.25) is 4.68 Å².